The lowest BCUT2D eigenvalue weighted by Gasteiger charge is -2.18. The number of hydrogen-bond acceptors (Lipinski definition) is 6. The molecule has 0 heterocycles. The van der Waals surface area contributed by atoms with Gasteiger partial charge >= 0.3 is 17.9 Å². The standard InChI is InChI=1S/C60H114O6/c1-4-7-10-13-16-19-21-23-24-25-26-27-28-29-30-31-32-33-34-35-36-37-39-41-44-47-50-53-59(62)65-56-57(55-64-58(61)52-49-46-43-40-18-15-12-9-6-3)66-60(63)54-51-48-45-42-38-22-20-17-14-11-8-5-2/h17,20,57H,4-16,18-19,21-56H2,1-3H3/b20-17-. The van der Waals surface area contributed by atoms with Crippen molar-refractivity contribution in [2.24, 2.45) is 0 Å². The van der Waals surface area contributed by atoms with Crippen molar-refractivity contribution in [1.29, 1.82) is 0 Å². The molecule has 0 aromatic carbocycles. The first-order valence-corrected chi connectivity index (χ1v) is 29.7. The molecule has 1 atom stereocenters. The molecule has 0 aliphatic rings. The van der Waals surface area contributed by atoms with Gasteiger partial charge < -0.3 is 14.2 Å². The Morgan fingerprint density at radius 1 is 0.288 bits per heavy atom. The van der Waals surface area contributed by atoms with Crippen molar-refractivity contribution in [3.05, 3.63) is 12.2 Å². The third-order valence-electron chi connectivity index (χ3n) is 13.5. The molecule has 0 fully saturated rings. The maximum absolute atomic E-state index is 12.8. The first-order valence-electron chi connectivity index (χ1n) is 29.7. The molecule has 66 heavy (non-hydrogen) atoms. The minimum atomic E-state index is -0.767. The van der Waals surface area contributed by atoms with Gasteiger partial charge in [-0.1, -0.05) is 283 Å². The van der Waals surface area contributed by atoms with Crippen LogP contribution < -0.4 is 0 Å². The highest BCUT2D eigenvalue weighted by molar-refractivity contribution is 5.71. The summed E-state index contributed by atoms with van der Waals surface area (Å²) in [7, 11) is 0. The van der Waals surface area contributed by atoms with Crippen LogP contribution in [0.15, 0.2) is 12.2 Å². The second-order valence-electron chi connectivity index (χ2n) is 20.3. The lowest BCUT2D eigenvalue weighted by molar-refractivity contribution is -0.167. The van der Waals surface area contributed by atoms with Crippen molar-refractivity contribution >= 4 is 17.9 Å². The summed E-state index contributed by atoms with van der Waals surface area (Å²) < 4.78 is 16.8. The highest BCUT2D eigenvalue weighted by Crippen LogP contribution is 2.18. The van der Waals surface area contributed by atoms with Crippen molar-refractivity contribution in [2.75, 3.05) is 13.2 Å². The molecule has 1 unspecified atom stereocenters. The number of allylic oxidation sites excluding steroid dienone is 2. The largest absolute Gasteiger partial charge is 0.462 e. The molecular formula is C60H114O6. The zero-order valence-corrected chi connectivity index (χ0v) is 44.7. The van der Waals surface area contributed by atoms with Crippen LogP contribution in [-0.4, -0.2) is 37.2 Å². The molecule has 0 N–H and O–H groups in total. The molecule has 0 aromatic heterocycles. The summed E-state index contributed by atoms with van der Waals surface area (Å²) >= 11 is 0. The Morgan fingerprint density at radius 2 is 0.500 bits per heavy atom. The molecule has 0 aliphatic heterocycles. The van der Waals surface area contributed by atoms with E-state index in [2.05, 4.69) is 32.9 Å². The van der Waals surface area contributed by atoms with Gasteiger partial charge in [0.15, 0.2) is 6.10 Å². The van der Waals surface area contributed by atoms with E-state index in [1.54, 1.807) is 0 Å². The SMILES string of the molecule is CCCCC/C=C\CCCCCCCC(=O)OC(COC(=O)CCCCCCCCCCC)COC(=O)CCCCCCCCCCCCCCCCCCCCCCCCCCCCC. The normalized spacial score (nSPS) is 12.0. The van der Waals surface area contributed by atoms with E-state index in [9.17, 15) is 14.4 Å². The number of carbonyl (C=O) groups is 3. The van der Waals surface area contributed by atoms with E-state index < -0.39 is 6.10 Å². The average Bonchev–Trinajstić information content (AvgIpc) is 3.31. The molecule has 0 aliphatic carbocycles. The summed E-state index contributed by atoms with van der Waals surface area (Å²) in [6, 6.07) is 0. The van der Waals surface area contributed by atoms with Gasteiger partial charge in [-0.2, -0.15) is 0 Å². The quantitative estimate of drug-likeness (QED) is 0.0262. The summed E-state index contributed by atoms with van der Waals surface area (Å²) in [5.41, 5.74) is 0. The molecule has 0 spiro atoms. The molecule has 0 saturated heterocycles. The number of ether oxygens (including phenoxy) is 3. The lowest BCUT2D eigenvalue weighted by Crippen LogP contribution is -2.30. The monoisotopic (exact) mass is 931 g/mol. The highest BCUT2D eigenvalue weighted by Gasteiger charge is 2.19. The molecule has 0 saturated carbocycles. The molecule has 0 bridgehead atoms. The fraction of sp³-hybridized carbons (Fsp3) is 0.917. The van der Waals surface area contributed by atoms with E-state index in [-0.39, 0.29) is 31.1 Å². The van der Waals surface area contributed by atoms with Gasteiger partial charge in [-0.3, -0.25) is 14.4 Å². The van der Waals surface area contributed by atoms with Gasteiger partial charge in [0.05, 0.1) is 0 Å². The Labute approximate surface area is 411 Å². The molecule has 0 rings (SSSR count). The van der Waals surface area contributed by atoms with Crippen LogP contribution in [0.5, 0.6) is 0 Å². The first-order chi connectivity index (χ1) is 32.5. The minimum absolute atomic E-state index is 0.0681. The van der Waals surface area contributed by atoms with E-state index in [1.807, 2.05) is 0 Å². The fourth-order valence-electron chi connectivity index (χ4n) is 9.03. The van der Waals surface area contributed by atoms with Gasteiger partial charge in [0, 0.05) is 19.3 Å². The minimum Gasteiger partial charge on any atom is -0.462 e. The molecule has 0 amide bonds. The Kier molecular flexibility index (Phi) is 54.2. The predicted octanol–water partition coefficient (Wildman–Crippen LogP) is 19.7. The number of esters is 3. The topological polar surface area (TPSA) is 78.9 Å². The maximum Gasteiger partial charge on any atom is 0.306 e. The number of hydrogen-bond donors (Lipinski definition) is 0. The number of unbranched alkanes of at least 4 members (excludes halogenated alkanes) is 42. The zero-order valence-electron chi connectivity index (χ0n) is 44.7. The number of rotatable bonds is 55. The van der Waals surface area contributed by atoms with Crippen LogP contribution >= 0.6 is 0 Å². The Hall–Kier alpha value is -1.85. The summed E-state index contributed by atoms with van der Waals surface area (Å²) in [5.74, 6) is -0.860. The van der Waals surface area contributed by atoms with Crippen molar-refractivity contribution in [3.8, 4) is 0 Å². The van der Waals surface area contributed by atoms with Gasteiger partial charge in [0.2, 0.25) is 0 Å². The van der Waals surface area contributed by atoms with Crippen LogP contribution in [0.25, 0.3) is 0 Å². The van der Waals surface area contributed by atoms with Crippen LogP contribution in [0.3, 0.4) is 0 Å². The lowest BCUT2D eigenvalue weighted by atomic mass is 10.0. The third kappa shape index (κ3) is 53.1. The van der Waals surface area contributed by atoms with Crippen LogP contribution in [0, 0.1) is 0 Å². The van der Waals surface area contributed by atoms with E-state index in [0.29, 0.717) is 19.3 Å². The van der Waals surface area contributed by atoms with Gasteiger partial charge in [0.1, 0.15) is 13.2 Å². The smallest absolute Gasteiger partial charge is 0.306 e. The molecule has 390 valence electrons. The van der Waals surface area contributed by atoms with E-state index in [4.69, 9.17) is 14.2 Å². The molecule has 6 nitrogen and oxygen atoms in total. The summed E-state index contributed by atoms with van der Waals surface area (Å²) in [4.78, 5) is 37.9. The number of carbonyl (C=O) groups excluding carboxylic acids is 3. The van der Waals surface area contributed by atoms with E-state index in [0.717, 1.165) is 64.2 Å². The van der Waals surface area contributed by atoms with Gasteiger partial charge in [0.25, 0.3) is 0 Å². The molecular weight excluding hydrogens is 817 g/mol. The van der Waals surface area contributed by atoms with Crippen molar-refractivity contribution in [3.63, 3.8) is 0 Å². The van der Waals surface area contributed by atoms with E-state index in [1.165, 1.54) is 231 Å². The van der Waals surface area contributed by atoms with Crippen molar-refractivity contribution in [1.82, 2.24) is 0 Å². The van der Waals surface area contributed by atoms with E-state index >= 15 is 0 Å². The first kappa shape index (κ1) is 64.2. The van der Waals surface area contributed by atoms with Crippen molar-refractivity contribution < 1.29 is 28.6 Å². The fourth-order valence-corrected chi connectivity index (χ4v) is 9.03. The van der Waals surface area contributed by atoms with Crippen molar-refractivity contribution in [2.45, 2.75) is 341 Å². The second-order valence-corrected chi connectivity index (χ2v) is 20.3. The summed E-state index contributed by atoms with van der Waals surface area (Å²) in [6.07, 6.45) is 63.8. The Balaban J connectivity index is 4.04. The van der Waals surface area contributed by atoms with Gasteiger partial charge in [-0.05, 0) is 44.9 Å². The summed E-state index contributed by atoms with van der Waals surface area (Å²) in [5, 5.41) is 0. The Morgan fingerprint density at radius 3 is 0.788 bits per heavy atom. The predicted molar refractivity (Wildman–Crippen MR) is 284 cm³/mol. The van der Waals surface area contributed by atoms with Crippen LogP contribution in [0.2, 0.25) is 0 Å². The van der Waals surface area contributed by atoms with Gasteiger partial charge in [-0.15, -0.1) is 0 Å². The zero-order chi connectivity index (χ0) is 47.9. The Bertz CT molecular complexity index is 1020. The molecule has 0 aromatic rings. The summed E-state index contributed by atoms with van der Waals surface area (Å²) in [6.45, 7) is 6.64. The maximum atomic E-state index is 12.8. The van der Waals surface area contributed by atoms with Gasteiger partial charge in [-0.25, -0.2) is 0 Å². The van der Waals surface area contributed by atoms with Crippen LogP contribution in [0.1, 0.15) is 335 Å². The van der Waals surface area contributed by atoms with Crippen LogP contribution in [0.4, 0.5) is 0 Å². The highest BCUT2D eigenvalue weighted by atomic mass is 16.6. The van der Waals surface area contributed by atoms with Crippen LogP contribution in [-0.2, 0) is 28.6 Å². The average molecular weight is 932 g/mol. The second kappa shape index (κ2) is 55.7. The third-order valence-corrected chi connectivity index (χ3v) is 13.5. The molecule has 0 radical (unpaired) electrons. The molecule has 6 heteroatoms.